The van der Waals surface area contributed by atoms with Crippen molar-refractivity contribution in [2.75, 3.05) is 0 Å². The van der Waals surface area contributed by atoms with Crippen LogP contribution in [0.5, 0.6) is 0 Å². The number of hydrogen-bond acceptors (Lipinski definition) is 0. The fourth-order valence-electron chi connectivity index (χ4n) is 0. The predicted molar refractivity (Wildman–Crippen MR) is 2.75 cm³/mol. The van der Waals surface area contributed by atoms with Crippen LogP contribution in [0.1, 0.15) is 0 Å². The Hall–Kier alpha value is 1.15. The van der Waals surface area contributed by atoms with Crippen LogP contribution in [-0.4, -0.2) is 0 Å². The van der Waals surface area contributed by atoms with Gasteiger partial charge in [0.2, 0.25) is 0 Å². The van der Waals surface area contributed by atoms with Crippen molar-refractivity contribution in [1.29, 1.82) is 0 Å². The van der Waals surface area contributed by atoms with Crippen LogP contribution in [0.4, 0.5) is 0 Å². The van der Waals surface area contributed by atoms with E-state index in [1.165, 1.54) is 0 Å². The quantitative estimate of drug-likeness (QED) is 0.495. The first-order chi connectivity index (χ1) is 0. The van der Waals surface area contributed by atoms with Crippen LogP contribution in [0.3, 0.4) is 0 Å². The van der Waals surface area contributed by atoms with Gasteiger partial charge in [-0.05, 0) is 0 Å². The standard InChI is InChI=1S/Mo.4O.Zn/q+6;4*-2;+2. The van der Waals surface area contributed by atoms with Crippen molar-refractivity contribution in [1.82, 2.24) is 0 Å². The smallest absolute Gasteiger partial charge is 2.00 e. The first kappa shape index (κ1) is 204. The average Bonchev–Trinajstić information content (AvgIpc) is 0. The van der Waals surface area contributed by atoms with E-state index in [-0.39, 0.29) is 62.4 Å². The van der Waals surface area contributed by atoms with Crippen molar-refractivity contribution < 1.29 is 62.4 Å². The van der Waals surface area contributed by atoms with E-state index in [2.05, 4.69) is 0 Å². The number of hydrogen-bond donors (Lipinski definition) is 0. The van der Waals surface area contributed by atoms with Gasteiger partial charge in [-0.3, -0.25) is 0 Å². The molecule has 6 heteroatoms. The van der Waals surface area contributed by atoms with Crippen molar-refractivity contribution in [3.63, 3.8) is 0 Å². The minimum atomic E-state index is 0. The van der Waals surface area contributed by atoms with Crippen LogP contribution >= 0.6 is 0 Å². The van der Waals surface area contributed by atoms with E-state index < -0.39 is 0 Å². The summed E-state index contributed by atoms with van der Waals surface area (Å²) >= 11 is 0. The molecule has 0 aliphatic rings. The molecule has 0 aromatic carbocycles. The molecule has 0 rings (SSSR count). The number of rotatable bonds is 0. The summed E-state index contributed by atoms with van der Waals surface area (Å²) in [6.45, 7) is 0. The third kappa shape index (κ3) is 66.9. The third-order valence-corrected chi connectivity index (χ3v) is 0. The van der Waals surface area contributed by atoms with Gasteiger partial charge in [-0.25, -0.2) is 0 Å². The molecule has 0 atom stereocenters. The van der Waals surface area contributed by atoms with Crippen LogP contribution in [0, 0.1) is 0 Å². The summed E-state index contributed by atoms with van der Waals surface area (Å²) in [7, 11) is 0. The molecule has 0 saturated heterocycles. The van der Waals surface area contributed by atoms with Gasteiger partial charge in [0.25, 0.3) is 0 Å². The van der Waals surface area contributed by atoms with Crippen molar-refractivity contribution in [2.45, 2.75) is 0 Å². The maximum absolute atomic E-state index is 0. The molecule has 0 fully saturated rings. The first-order valence-corrected chi connectivity index (χ1v) is 0. The van der Waals surface area contributed by atoms with Crippen LogP contribution in [0.2, 0.25) is 0 Å². The Morgan fingerprint density at radius 3 is 0.500 bits per heavy atom. The van der Waals surface area contributed by atoms with E-state index in [1.807, 2.05) is 0 Å². The zero-order valence-electron chi connectivity index (χ0n) is 2.75. The first-order valence-electron chi connectivity index (χ1n) is 0. The molecule has 32 valence electrons. The molecule has 0 radical (unpaired) electrons. The maximum atomic E-state index is 0. The fraction of sp³-hybridized carbons (Fsp3) is 0. The zero-order chi connectivity index (χ0) is 0. The van der Waals surface area contributed by atoms with Gasteiger partial charge in [-0.15, -0.1) is 0 Å². The molecule has 0 bridgehead atoms. The van der Waals surface area contributed by atoms with Gasteiger partial charge in [0.15, 0.2) is 0 Å². The molecule has 0 unspecified atom stereocenters. The van der Waals surface area contributed by atoms with Gasteiger partial charge in [0, 0.05) is 0 Å². The Kier molecular flexibility index (Phi) is 4190. The maximum Gasteiger partial charge on any atom is 6.00 e. The molecule has 6 heavy (non-hydrogen) atoms. The Balaban J connectivity index is 0. The molecule has 4 nitrogen and oxygen atoms in total. The van der Waals surface area contributed by atoms with Crippen molar-refractivity contribution in [3.8, 4) is 0 Å². The van der Waals surface area contributed by atoms with Crippen LogP contribution < -0.4 is 0 Å². The van der Waals surface area contributed by atoms with Gasteiger partial charge >= 0.3 is 40.5 Å². The van der Waals surface area contributed by atoms with E-state index in [9.17, 15) is 0 Å². The molecule has 0 spiro atoms. The summed E-state index contributed by atoms with van der Waals surface area (Å²) in [5.41, 5.74) is 0. The molecule has 0 amide bonds. The van der Waals surface area contributed by atoms with E-state index in [0.29, 0.717) is 0 Å². The van der Waals surface area contributed by atoms with E-state index in [0.717, 1.165) is 0 Å². The SMILES string of the molecule is [Mo+6].[O-2].[O-2].[O-2].[O-2].[Zn+2]. The minimum Gasteiger partial charge on any atom is -2.00 e. The average molecular weight is 225 g/mol. The Morgan fingerprint density at radius 1 is 0.500 bits per heavy atom. The Morgan fingerprint density at radius 2 is 0.500 bits per heavy atom. The normalized spacial score (nSPS) is 0. The molecule has 0 saturated carbocycles. The molecule has 0 aliphatic carbocycles. The van der Waals surface area contributed by atoms with Gasteiger partial charge in [-0.2, -0.15) is 0 Å². The minimum absolute atomic E-state index is 0. The molecule has 0 N–H and O–H groups in total. The van der Waals surface area contributed by atoms with Gasteiger partial charge in [0.1, 0.15) is 0 Å². The molecule has 0 aromatic heterocycles. The van der Waals surface area contributed by atoms with Crippen LogP contribution in [0.25, 0.3) is 0 Å². The van der Waals surface area contributed by atoms with Gasteiger partial charge in [-0.1, -0.05) is 0 Å². The van der Waals surface area contributed by atoms with E-state index >= 15 is 0 Å². The molecule has 0 aliphatic heterocycles. The van der Waals surface area contributed by atoms with Gasteiger partial charge < -0.3 is 21.9 Å². The largest absolute Gasteiger partial charge is 6.00 e. The Bertz CT molecular complexity index is 7.51. The van der Waals surface area contributed by atoms with E-state index in [1.54, 1.807) is 0 Å². The summed E-state index contributed by atoms with van der Waals surface area (Å²) in [4.78, 5) is 0. The molecule has 0 heterocycles. The summed E-state index contributed by atoms with van der Waals surface area (Å²) < 4.78 is 0. The zero-order valence-corrected chi connectivity index (χ0v) is 7.72. The van der Waals surface area contributed by atoms with Gasteiger partial charge in [0.05, 0.1) is 0 Å². The van der Waals surface area contributed by atoms with Crippen molar-refractivity contribution >= 4 is 0 Å². The second kappa shape index (κ2) is 123. The molecular weight excluding hydrogens is 225 g/mol. The van der Waals surface area contributed by atoms with Crippen molar-refractivity contribution in [3.05, 3.63) is 0 Å². The summed E-state index contributed by atoms with van der Waals surface area (Å²) in [6.07, 6.45) is 0. The summed E-state index contributed by atoms with van der Waals surface area (Å²) in [5, 5.41) is 0. The summed E-state index contributed by atoms with van der Waals surface area (Å²) in [5.74, 6) is 0. The molecular formula is MoO4Zn. The molecule has 0 aromatic rings. The fourth-order valence-corrected chi connectivity index (χ4v) is 0. The third-order valence-electron chi connectivity index (χ3n) is 0. The van der Waals surface area contributed by atoms with Crippen LogP contribution in [0.15, 0.2) is 0 Å². The van der Waals surface area contributed by atoms with Crippen LogP contribution in [-0.2, 0) is 62.4 Å². The predicted octanol–water partition coefficient (Wildman–Crippen LogP) is -0.480. The Labute approximate surface area is 62.6 Å². The second-order valence-electron chi connectivity index (χ2n) is 0. The second-order valence-corrected chi connectivity index (χ2v) is 0. The van der Waals surface area contributed by atoms with E-state index in [4.69, 9.17) is 0 Å². The summed E-state index contributed by atoms with van der Waals surface area (Å²) in [6, 6.07) is 0. The van der Waals surface area contributed by atoms with Crippen molar-refractivity contribution in [2.24, 2.45) is 0 Å². The topological polar surface area (TPSA) is 114 Å². The monoisotopic (exact) mass is 226 g/mol.